The minimum atomic E-state index is -0.523. The number of nitrogens with zero attached hydrogens (tertiary/aromatic N) is 1. The Morgan fingerprint density at radius 2 is 2.06 bits per heavy atom. The van der Waals surface area contributed by atoms with Gasteiger partial charge in [-0.3, -0.25) is 9.79 Å². The van der Waals surface area contributed by atoms with Crippen molar-refractivity contribution in [1.29, 1.82) is 0 Å². The molecule has 1 amide bonds. The minimum Gasteiger partial charge on any atom is -0.317 e. The molecule has 1 spiro atoms. The predicted octanol–water partition coefficient (Wildman–Crippen LogP) is 0.994. The average molecular weight is 243 g/mol. The molecule has 4 heteroatoms. The molecule has 2 aliphatic heterocycles. The van der Waals surface area contributed by atoms with E-state index in [1.807, 2.05) is 25.1 Å². The summed E-state index contributed by atoms with van der Waals surface area (Å²) in [5, 5.41) is 6.21. The number of hydrogen-bond donors (Lipinski definition) is 2. The van der Waals surface area contributed by atoms with E-state index in [1.54, 1.807) is 0 Å². The first kappa shape index (κ1) is 11.4. The van der Waals surface area contributed by atoms with Crippen molar-refractivity contribution in [2.75, 3.05) is 13.1 Å². The van der Waals surface area contributed by atoms with Crippen LogP contribution in [0.5, 0.6) is 0 Å². The SMILES string of the molecule is Cc1cccc(C2=NC3(CCNCC3)C(=O)N2)c1. The van der Waals surface area contributed by atoms with E-state index in [1.165, 1.54) is 5.56 Å². The first-order chi connectivity index (χ1) is 8.70. The number of amidine groups is 1. The maximum atomic E-state index is 12.2. The van der Waals surface area contributed by atoms with Crippen LogP contribution in [0.4, 0.5) is 0 Å². The van der Waals surface area contributed by atoms with E-state index in [2.05, 4.69) is 21.7 Å². The van der Waals surface area contributed by atoms with Crippen molar-refractivity contribution in [3.63, 3.8) is 0 Å². The van der Waals surface area contributed by atoms with E-state index >= 15 is 0 Å². The fraction of sp³-hybridized carbons (Fsp3) is 0.429. The fourth-order valence-corrected chi connectivity index (χ4v) is 2.62. The molecule has 0 saturated carbocycles. The number of hydrogen-bond acceptors (Lipinski definition) is 3. The highest BCUT2D eigenvalue weighted by Crippen LogP contribution is 2.28. The van der Waals surface area contributed by atoms with Crippen molar-refractivity contribution in [3.8, 4) is 0 Å². The van der Waals surface area contributed by atoms with E-state index in [-0.39, 0.29) is 5.91 Å². The molecule has 1 saturated heterocycles. The Kier molecular flexibility index (Phi) is 2.67. The summed E-state index contributed by atoms with van der Waals surface area (Å²) in [7, 11) is 0. The summed E-state index contributed by atoms with van der Waals surface area (Å²) < 4.78 is 0. The van der Waals surface area contributed by atoms with Gasteiger partial charge in [0.15, 0.2) is 0 Å². The number of rotatable bonds is 1. The summed E-state index contributed by atoms with van der Waals surface area (Å²) in [6, 6.07) is 8.08. The van der Waals surface area contributed by atoms with E-state index in [0.717, 1.165) is 37.3 Å². The topological polar surface area (TPSA) is 53.5 Å². The second-order valence-corrected chi connectivity index (χ2v) is 5.07. The third kappa shape index (κ3) is 1.82. The molecule has 0 aromatic heterocycles. The Labute approximate surface area is 106 Å². The normalized spacial score (nSPS) is 21.8. The van der Waals surface area contributed by atoms with Crippen LogP contribution in [0.3, 0.4) is 0 Å². The van der Waals surface area contributed by atoms with Crippen LogP contribution in [0, 0.1) is 6.92 Å². The van der Waals surface area contributed by atoms with Gasteiger partial charge in [0.1, 0.15) is 11.4 Å². The third-order valence-corrected chi connectivity index (χ3v) is 3.70. The molecule has 3 rings (SSSR count). The second-order valence-electron chi connectivity index (χ2n) is 5.07. The molecule has 2 aliphatic rings. The molecule has 0 atom stereocenters. The Bertz CT molecular complexity index is 516. The van der Waals surface area contributed by atoms with Crippen LogP contribution in [0.1, 0.15) is 24.0 Å². The molecular weight excluding hydrogens is 226 g/mol. The molecule has 94 valence electrons. The van der Waals surface area contributed by atoms with Crippen LogP contribution in [0.15, 0.2) is 29.3 Å². The lowest BCUT2D eigenvalue weighted by molar-refractivity contribution is -0.124. The molecule has 18 heavy (non-hydrogen) atoms. The maximum absolute atomic E-state index is 12.2. The summed E-state index contributed by atoms with van der Waals surface area (Å²) >= 11 is 0. The summed E-state index contributed by atoms with van der Waals surface area (Å²) in [5.41, 5.74) is 1.65. The van der Waals surface area contributed by atoms with Crippen molar-refractivity contribution < 1.29 is 4.79 Å². The minimum absolute atomic E-state index is 0.0560. The highest BCUT2D eigenvalue weighted by molar-refractivity contribution is 6.15. The second kappa shape index (κ2) is 4.21. The van der Waals surface area contributed by atoms with E-state index in [4.69, 9.17) is 0 Å². The van der Waals surface area contributed by atoms with Gasteiger partial charge in [0.2, 0.25) is 0 Å². The standard InChI is InChI=1S/C14H17N3O/c1-10-3-2-4-11(9-10)12-16-13(18)14(17-12)5-7-15-8-6-14/h2-4,9,15H,5-8H2,1H3,(H,16,17,18). The molecule has 0 unspecified atom stereocenters. The Hall–Kier alpha value is -1.68. The molecule has 4 nitrogen and oxygen atoms in total. The predicted molar refractivity (Wildman–Crippen MR) is 70.7 cm³/mol. The summed E-state index contributed by atoms with van der Waals surface area (Å²) in [6.45, 7) is 3.76. The van der Waals surface area contributed by atoms with Gasteiger partial charge in [-0.25, -0.2) is 0 Å². The van der Waals surface area contributed by atoms with Crippen molar-refractivity contribution in [1.82, 2.24) is 10.6 Å². The van der Waals surface area contributed by atoms with Crippen LogP contribution in [-0.4, -0.2) is 30.4 Å². The monoisotopic (exact) mass is 243 g/mol. The van der Waals surface area contributed by atoms with Gasteiger partial charge in [-0.2, -0.15) is 0 Å². The summed E-state index contributed by atoms with van der Waals surface area (Å²) in [6.07, 6.45) is 1.57. The quantitative estimate of drug-likeness (QED) is 0.773. The summed E-state index contributed by atoms with van der Waals surface area (Å²) in [5.74, 6) is 0.783. The Morgan fingerprint density at radius 1 is 1.28 bits per heavy atom. The highest BCUT2D eigenvalue weighted by atomic mass is 16.2. The molecule has 0 radical (unpaired) electrons. The summed E-state index contributed by atoms with van der Waals surface area (Å²) in [4.78, 5) is 16.9. The van der Waals surface area contributed by atoms with Crippen molar-refractivity contribution in [2.45, 2.75) is 25.3 Å². The van der Waals surface area contributed by atoms with E-state index < -0.39 is 5.54 Å². The number of nitrogens with one attached hydrogen (secondary N) is 2. The van der Waals surface area contributed by atoms with Gasteiger partial charge in [-0.05, 0) is 38.9 Å². The van der Waals surface area contributed by atoms with E-state index in [0.29, 0.717) is 0 Å². The average Bonchev–Trinajstić information content (AvgIpc) is 2.68. The molecule has 0 bridgehead atoms. The molecule has 1 aromatic carbocycles. The fourth-order valence-electron chi connectivity index (χ4n) is 2.62. The molecule has 1 fully saturated rings. The van der Waals surface area contributed by atoms with Gasteiger partial charge in [-0.1, -0.05) is 23.8 Å². The lowest BCUT2D eigenvalue weighted by Crippen LogP contribution is -2.47. The lowest BCUT2D eigenvalue weighted by Gasteiger charge is -2.28. The highest BCUT2D eigenvalue weighted by Gasteiger charge is 2.44. The van der Waals surface area contributed by atoms with Gasteiger partial charge >= 0.3 is 0 Å². The van der Waals surface area contributed by atoms with Crippen LogP contribution in [-0.2, 0) is 4.79 Å². The molecular formula is C14H17N3O. The van der Waals surface area contributed by atoms with Gasteiger partial charge in [0.05, 0.1) is 0 Å². The van der Waals surface area contributed by atoms with Crippen molar-refractivity contribution >= 4 is 11.7 Å². The van der Waals surface area contributed by atoms with Crippen molar-refractivity contribution in [3.05, 3.63) is 35.4 Å². The maximum Gasteiger partial charge on any atom is 0.253 e. The van der Waals surface area contributed by atoms with Crippen LogP contribution in [0.25, 0.3) is 0 Å². The van der Waals surface area contributed by atoms with Crippen molar-refractivity contribution in [2.24, 2.45) is 4.99 Å². The number of carbonyl (C=O) groups excluding carboxylic acids is 1. The van der Waals surface area contributed by atoms with Gasteiger partial charge in [0.25, 0.3) is 5.91 Å². The molecule has 1 aromatic rings. The number of piperidine rings is 1. The van der Waals surface area contributed by atoms with Crippen LogP contribution < -0.4 is 10.6 Å². The number of aliphatic imine (C=N–C) groups is 1. The largest absolute Gasteiger partial charge is 0.317 e. The Balaban J connectivity index is 1.95. The van der Waals surface area contributed by atoms with Gasteiger partial charge in [-0.15, -0.1) is 0 Å². The first-order valence-corrected chi connectivity index (χ1v) is 6.39. The number of benzene rings is 1. The Morgan fingerprint density at radius 3 is 2.78 bits per heavy atom. The molecule has 0 aliphatic carbocycles. The zero-order chi connectivity index (χ0) is 12.6. The number of amides is 1. The van der Waals surface area contributed by atoms with Gasteiger partial charge < -0.3 is 10.6 Å². The number of aryl methyl sites for hydroxylation is 1. The molecule has 2 N–H and O–H groups in total. The third-order valence-electron chi connectivity index (χ3n) is 3.70. The first-order valence-electron chi connectivity index (χ1n) is 6.39. The molecule has 2 heterocycles. The van der Waals surface area contributed by atoms with Gasteiger partial charge in [0, 0.05) is 5.56 Å². The zero-order valence-electron chi connectivity index (χ0n) is 10.5. The lowest BCUT2D eigenvalue weighted by atomic mass is 9.89. The smallest absolute Gasteiger partial charge is 0.253 e. The van der Waals surface area contributed by atoms with Crippen LogP contribution in [0.2, 0.25) is 0 Å². The number of carbonyl (C=O) groups is 1. The zero-order valence-corrected chi connectivity index (χ0v) is 10.5. The van der Waals surface area contributed by atoms with Crippen LogP contribution >= 0.6 is 0 Å². The van der Waals surface area contributed by atoms with E-state index in [9.17, 15) is 4.79 Å².